The van der Waals surface area contributed by atoms with Gasteiger partial charge in [0, 0.05) is 26.7 Å². The van der Waals surface area contributed by atoms with Crippen LogP contribution in [0.25, 0.3) is 0 Å². The Morgan fingerprint density at radius 1 is 0.944 bits per heavy atom. The molecule has 0 spiro atoms. The van der Waals surface area contributed by atoms with Crippen molar-refractivity contribution in [2.45, 2.75) is 85.2 Å². The van der Waals surface area contributed by atoms with Gasteiger partial charge in [-0.25, -0.2) is 0 Å². The van der Waals surface area contributed by atoms with Gasteiger partial charge in [0.2, 0.25) is 0 Å². The summed E-state index contributed by atoms with van der Waals surface area (Å²) in [4.78, 5) is 48.9. The second kappa shape index (κ2) is 8.03. The lowest BCUT2D eigenvalue weighted by Gasteiger charge is -2.57. The molecule has 0 radical (unpaired) electrons. The number of carbonyl (C=O) groups excluding carboxylic acids is 4. The molecule has 1 saturated heterocycles. The number of allylic oxidation sites excluding steroid dienone is 3. The van der Waals surface area contributed by atoms with Crippen LogP contribution in [-0.4, -0.2) is 30.0 Å². The van der Waals surface area contributed by atoms with E-state index in [2.05, 4.69) is 19.9 Å². The van der Waals surface area contributed by atoms with Gasteiger partial charge in [-0.2, -0.15) is 0 Å². The number of rotatable bonds is 2. The molecule has 6 rings (SSSR count). The molecule has 0 unspecified atom stereocenters. The second-order valence-electron chi connectivity index (χ2n) is 12.5. The standard InChI is InChI=1S/C29H36O7/c1-14(30)34-17-7-9-28(3)16(11-17)5-6-18-21(28)8-10-29(4)22(18)12-19-24-20(26(32)36-27(24)33)13-23(25(19)29)35-15(2)31/h5,17-22,24H,6-13H2,1-4H3/t17-,18-,19-,20-,21+,22+,24-,28+,29+/m1/s1. The SMILES string of the molecule is CC(=O)OC1=C2[C@H](C[C@H]3[C@@H]4CC=C5C[C@H](OC(C)=O)CC[C@]5(C)[C@H]4CC[C@]23C)[C@H]2C(=O)OC(=O)[C@@H]2C1. The normalized spacial score (nSPS) is 44.9. The highest BCUT2D eigenvalue weighted by Crippen LogP contribution is 2.70. The van der Waals surface area contributed by atoms with E-state index in [1.807, 2.05) is 0 Å². The molecular formula is C29H36O7. The van der Waals surface area contributed by atoms with E-state index < -0.39 is 23.8 Å². The van der Waals surface area contributed by atoms with E-state index in [0.29, 0.717) is 23.5 Å². The molecular weight excluding hydrogens is 460 g/mol. The van der Waals surface area contributed by atoms with Crippen LogP contribution in [0, 0.1) is 46.3 Å². The van der Waals surface area contributed by atoms with Crippen molar-refractivity contribution in [3.63, 3.8) is 0 Å². The fourth-order valence-electron chi connectivity index (χ4n) is 9.51. The molecule has 7 heteroatoms. The van der Waals surface area contributed by atoms with Crippen LogP contribution < -0.4 is 0 Å². The van der Waals surface area contributed by atoms with Gasteiger partial charge in [0.15, 0.2) is 0 Å². The fraction of sp³-hybridized carbons (Fsp3) is 0.724. The van der Waals surface area contributed by atoms with E-state index in [1.54, 1.807) is 0 Å². The Hall–Kier alpha value is -2.44. The summed E-state index contributed by atoms with van der Waals surface area (Å²) in [5.41, 5.74) is 2.47. The predicted molar refractivity (Wildman–Crippen MR) is 128 cm³/mol. The summed E-state index contributed by atoms with van der Waals surface area (Å²) in [6, 6.07) is 0. The third kappa shape index (κ3) is 3.30. The minimum atomic E-state index is -0.549. The van der Waals surface area contributed by atoms with Gasteiger partial charge < -0.3 is 14.2 Å². The predicted octanol–water partition coefficient (Wildman–Crippen LogP) is 4.64. The highest BCUT2D eigenvalue weighted by atomic mass is 16.6. The molecule has 1 heterocycles. The third-order valence-corrected chi connectivity index (χ3v) is 10.9. The van der Waals surface area contributed by atoms with Gasteiger partial charge in [0.1, 0.15) is 11.9 Å². The lowest BCUT2D eigenvalue weighted by Crippen LogP contribution is -2.50. The summed E-state index contributed by atoms with van der Waals surface area (Å²) in [6.07, 6.45) is 9.23. The molecule has 0 N–H and O–H groups in total. The third-order valence-electron chi connectivity index (χ3n) is 10.9. The summed E-state index contributed by atoms with van der Waals surface area (Å²) < 4.78 is 16.4. The Morgan fingerprint density at radius 3 is 2.42 bits per heavy atom. The van der Waals surface area contributed by atoms with E-state index in [4.69, 9.17) is 14.2 Å². The van der Waals surface area contributed by atoms with Gasteiger partial charge in [-0.3, -0.25) is 19.2 Å². The van der Waals surface area contributed by atoms with Crippen molar-refractivity contribution in [1.82, 2.24) is 0 Å². The van der Waals surface area contributed by atoms with Crippen LogP contribution in [0.2, 0.25) is 0 Å². The van der Waals surface area contributed by atoms with Crippen LogP contribution in [-0.2, 0) is 33.4 Å². The molecule has 3 saturated carbocycles. The number of esters is 4. The number of hydrogen-bond donors (Lipinski definition) is 0. The Bertz CT molecular complexity index is 1120. The second-order valence-corrected chi connectivity index (χ2v) is 12.5. The zero-order valence-corrected chi connectivity index (χ0v) is 21.6. The molecule has 0 aromatic carbocycles. The fourth-order valence-corrected chi connectivity index (χ4v) is 9.51. The molecule has 0 aromatic rings. The molecule has 9 atom stereocenters. The van der Waals surface area contributed by atoms with E-state index in [0.717, 1.165) is 50.5 Å². The highest BCUT2D eigenvalue weighted by molar-refractivity contribution is 5.97. The molecule has 7 nitrogen and oxygen atoms in total. The summed E-state index contributed by atoms with van der Waals surface area (Å²) >= 11 is 0. The molecule has 4 fully saturated rings. The van der Waals surface area contributed by atoms with Crippen molar-refractivity contribution in [3.8, 4) is 0 Å². The van der Waals surface area contributed by atoms with Crippen LogP contribution in [0.4, 0.5) is 0 Å². The number of carbonyl (C=O) groups is 4. The van der Waals surface area contributed by atoms with Gasteiger partial charge in [-0.05, 0) is 78.6 Å². The van der Waals surface area contributed by atoms with Crippen LogP contribution >= 0.6 is 0 Å². The van der Waals surface area contributed by atoms with Gasteiger partial charge in [0.25, 0.3) is 0 Å². The summed E-state index contributed by atoms with van der Waals surface area (Å²) in [7, 11) is 0. The van der Waals surface area contributed by atoms with Gasteiger partial charge in [0.05, 0.1) is 11.8 Å². The smallest absolute Gasteiger partial charge is 0.318 e. The van der Waals surface area contributed by atoms with Crippen LogP contribution in [0.3, 0.4) is 0 Å². The molecule has 0 amide bonds. The number of cyclic esters (lactones) is 2. The van der Waals surface area contributed by atoms with Crippen molar-refractivity contribution in [2.75, 3.05) is 0 Å². The zero-order valence-electron chi connectivity index (χ0n) is 21.6. The van der Waals surface area contributed by atoms with Crippen LogP contribution in [0.5, 0.6) is 0 Å². The van der Waals surface area contributed by atoms with Crippen molar-refractivity contribution in [3.05, 3.63) is 23.0 Å². The first kappa shape index (κ1) is 23.9. The molecule has 1 aliphatic heterocycles. The van der Waals surface area contributed by atoms with Crippen molar-refractivity contribution in [1.29, 1.82) is 0 Å². The summed E-state index contributed by atoms with van der Waals surface area (Å²) in [5.74, 6) is -0.634. The molecule has 36 heavy (non-hydrogen) atoms. The average molecular weight is 497 g/mol. The average Bonchev–Trinajstić information content (AvgIpc) is 3.26. The summed E-state index contributed by atoms with van der Waals surface area (Å²) in [5, 5.41) is 0. The first-order valence-electron chi connectivity index (χ1n) is 13.6. The van der Waals surface area contributed by atoms with Crippen LogP contribution in [0.1, 0.15) is 79.1 Å². The maximum absolute atomic E-state index is 12.8. The Morgan fingerprint density at radius 2 is 1.69 bits per heavy atom. The lowest BCUT2D eigenvalue weighted by atomic mass is 9.47. The van der Waals surface area contributed by atoms with E-state index in [-0.39, 0.29) is 41.2 Å². The van der Waals surface area contributed by atoms with E-state index in [1.165, 1.54) is 19.4 Å². The quantitative estimate of drug-likeness (QED) is 0.238. The van der Waals surface area contributed by atoms with Crippen LogP contribution in [0.15, 0.2) is 23.0 Å². The van der Waals surface area contributed by atoms with Gasteiger partial charge in [-0.15, -0.1) is 0 Å². The van der Waals surface area contributed by atoms with Gasteiger partial charge >= 0.3 is 23.9 Å². The molecule has 0 bridgehead atoms. The first-order chi connectivity index (χ1) is 17.0. The number of fused-ring (bicyclic) bond motifs is 9. The highest BCUT2D eigenvalue weighted by Gasteiger charge is 2.65. The van der Waals surface area contributed by atoms with Gasteiger partial charge in [-0.1, -0.05) is 25.5 Å². The summed E-state index contributed by atoms with van der Waals surface area (Å²) in [6.45, 7) is 7.59. The van der Waals surface area contributed by atoms with E-state index >= 15 is 0 Å². The molecule has 0 aromatic heterocycles. The van der Waals surface area contributed by atoms with E-state index in [9.17, 15) is 19.2 Å². The molecule has 194 valence electrons. The first-order valence-corrected chi connectivity index (χ1v) is 13.6. The largest absolute Gasteiger partial charge is 0.462 e. The van der Waals surface area contributed by atoms with Crippen molar-refractivity contribution in [2.24, 2.45) is 46.3 Å². The minimum Gasteiger partial charge on any atom is -0.462 e. The lowest BCUT2D eigenvalue weighted by molar-refractivity contribution is -0.154. The number of hydrogen-bond acceptors (Lipinski definition) is 7. The zero-order chi connectivity index (χ0) is 25.6. The Balaban J connectivity index is 1.36. The van der Waals surface area contributed by atoms with Crippen molar-refractivity contribution < 1.29 is 33.4 Å². The molecule has 5 aliphatic carbocycles. The Labute approximate surface area is 212 Å². The van der Waals surface area contributed by atoms with Crippen molar-refractivity contribution >= 4 is 23.9 Å². The maximum atomic E-state index is 12.8. The maximum Gasteiger partial charge on any atom is 0.318 e. The Kier molecular flexibility index (Phi) is 5.34. The monoisotopic (exact) mass is 496 g/mol. The minimum absolute atomic E-state index is 0.0270. The number of ether oxygens (including phenoxy) is 3. The topological polar surface area (TPSA) is 96.0 Å². The molecule has 6 aliphatic rings.